The summed E-state index contributed by atoms with van der Waals surface area (Å²) >= 11 is 0. The van der Waals surface area contributed by atoms with Crippen molar-refractivity contribution in [1.82, 2.24) is 9.55 Å². The lowest BCUT2D eigenvalue weighted by Crippen LogP contribution is -2.21. The molecule has 1 aromatic heterocycles. The maximum absolute atomic E-state index is 5.07. The summed E-state index contributed by atoms with van der Waals surface area (Å²) in [6, 6.07) is 0.549. The second-order valence-corrected chi connectivity index (χ2v) is 5.57. The molecule has 0 aliphatic heterocycles. The second kappa shape index (κ2) is 7.53. The van der Waals surface area contributed by atoms with Crippen LogP contribution in [0.3, 0.4) is 0 Å². The van der Waals surface area contributed by atoms with Gasteiger partial charge in [-0.3, -0.25) is 0 Å². The number of imidazole rings is 1. The molecule has 1 N–H and O–H groups in total. The van der Waals surface area contributed by atoms with Gasteiger partial charge in [0.05, 0.1) is 0 Å². The van der Waals surface area contributed by atoms with E-state index in [0.29, 0.717) is 6.04 Å². The summed E-state index contributed by atoms with van der Waals surface area (Å²) in [6.07, 6.45) is 11.9. The Bertz CT molecular complexity index is 358. The number of hydrogen-bond donors (Lipinski definition) is 1. The molecule has 1 saturated carbocycles. The SMILES string of the molecule is COCCCNc1nccn1C(C)C1CCCCC1. The maximum atomic E-state index is 5.07. The fourth-order valence-electron chi connectivity index (χ4n) is 3.04. The van der Waals surface area contributed by atoms with Gasteiger partial charge in [0.25, 0.3) is 0 Å². The van der Waals surface area contributed by atoms with E-state index in [1.54, 1.807) is 7.11 Å². The van der Waals surface area contributed by atoms with Crippen LogP contribution in [0, 0.1) is 5.92 Å². The second-order valence-electron chi connectivity index (χ2n) is 5.57. The molecule has 2 rings (SSSR count). The van der Waals surface area contributed by atoms with E-state index in [0.717, 1.165) is 31.4 Å². The number of ether oxygens (including phenoxy) is 1. The molecule has 0 spiro atoms. The highest BCUT2D eigenvalue weighted by Crippen LogP contribution is 2.33. The zero-order chi connectivity index (χ0) is 13.5. The highest BCUT2D eigenvalue weighted by molar-refractivity contribution is 5.26. The fraction of sp³-hybridized carbons (Fsp3) is 0.800. The van der Waals surface area contributed by atoms with Crippen molar-refractivity contribution in [3.05, 3.63) is 12.4 Å². The molecule has 1 atom stereocenters. The van der Waals surface area contributed by atoms with Crippen LogP contribution in [0.25, 0.3) is 0 Å². The van der Waals surface area contributed by atoms with Crippen molar-refractivity contribution in [2.45, 2.75) is 51.5 Å². The third-order valence-electron chi connectivity index (χ3n) is 4.25. The molecule has 0 aromatic carbocycles. The Morgan fingerprint density at radius 2 is 2.21 bits per heavy atom. The fourth-order valence-corrected chi connectivity index (χ4v) is 3.04. The van der Waals surface area contributed by atoms with Crippen molar-refractivity contribution in [3.63, 3.8) is 0 Å². The van der Waals surface area contributed by atoms with Gasteiger partial charge >= 0.3 is 0 Å². The summed E-state index contributed by atoms with van der Waals surface area (Å²) in [4.78, 5) is 4.44. The quantitative estimate of drug-likeness (QED) is 0.767. The van der Waals surface area contributed by atoms with Crippen molar-refractivity contribution in [3.8, 4) is 0 Å². The van der Waals surface area contributed by atoms with Crippen LogP contribution >= 0.6 is 0 Å². The molecule has 4 heteroatoms. The molecule has 1 aliphatic carbocycles. The number of rotatable bonds is 7. The number of methoxy groups -OCH3 is 1. The lowest BCUT2D eigenvalue weighted by molar-refractivity contribution is 0.197. The summed E-state index contributed by atoms with van der Waals surface area (Å²) in [5, 5.41) is 3.42. The van der Waals surface area contributed by atoms with Crippen molar-refractivity contribution in [2.75, 3.05) is 25.6 Å². The standard InChI is InChI=1S/C15H27N3O/c1-13(14-7-4-3-5-8-14)18-11-10-17-15(18)16-9-6-12-19-2/h10-11,13-14H,3-9,12H2,1-2H3,(H,16,17). The van der Waals surface area contributed by atoms with Gasteiger partial charge in [-0.15, -0.1) is 0 Å². The smallest absolute Gasteiger partial charge is 0.203 e. The van der Waals surface area contributed by atoms with Crippen LogP contribution in [0.2, 0.25) is 0 Å². The average molecular weight is 265 g/mol. The van der Waals surface area contributed by atoms with Crippen LogP contribution in [0.1, 0.15) is 51.5 Å². The van der Waals surface area contributed by atoms with Crippen molar-refractivity contribution in [1.29, 1.82) is 0 Å². The van der Waals surface area contributed by atoms with Gasteiger partial charge in [0.1, 0.15) is 0 Å². The minimum Gasteiger partial charge on any atom is -0.385 e. The van der Waals surface area contributed by atoms with E-state index in [2.05, 4.69) is 28.0 Å². The van der Waals surface area contributed by atoms with Crippen LogP contribution in [-0.4, -0.2) is 29.8 Å². The van der Waals surface area contributed by atoms with E-state index >= 15 is 0 Å². The van der Waals surface area contributed by atoms with Crippen molar-refractivity contribution in [2.24, 2.45) is 5.92 Å². The van der Waals surface area contributed by atoms with Crippen LogP contribution in [0.5, 0.6) is 0 Å². The lowest BCUT2D eigenvalue weighted by Gasteiger charge is -2.29. The van der Waals surface area contributed by atoms with Gasteiger partial charge in [0.15, 0.2) is 0 Å². The molecule has 1 fully saturated rings. The third-order valence-corrected chi connectivity index (χ3v) is 4.25. The van der Waals surface area contributed by atoms with Gasteiger partial charge in [-0.1, -0.05) is 19.3 Å². The Morgan fingerprint density at radius 3 is 2.95 bits per heavy atom. The predicted octanol–water partition coefficient (Wildman–Crippen LogP) is 3.47. The first-order valence-corrected chi connectivity index (χ1v) is 7.58. The zero-order valence-corrected chi connectivity index (χ0v) is 12.3. The van der Waals surface area contributed by atoms with Gasteiger partial charge in [-0.05, 0) is 32.1 Å². The summed E-state index contributed by atoms with van der Waals surface area (Å²) in [5.41, 5.74) is 0. The molecule has 0 amide bonds. The third kappa shape index (κ3) is 3.96. The molecular formula is C15H27N3O. The highest BCUT2D eigenvalue weighted by atomic mass is 16.5. The van der Waals surface area contributed by atoms with Crippen LogP contribution in [0.15, 0.2) is 12.4 Å². The van der Waals surface area contributed by atoms with E-state index in [-0.39, 0.29) is 0 Å². The van der Waals surface area contributed by atoms with E-state index in [9.17, 15) is 0 Å². The number of aromatic nitrogens is 2. The molecule has 108 valence electrons. The number of anilines is 1. The first-order chi connectivity index (χ1) is 9.33. The largest absolute Gasteiger partial charge is 0.385 e. The molecule has 1 aliphatic rings. The van der Waals surface area contributed by atoms with Gasteiger partial charge in [-0.2, -0.15) is 0 Å². The Hall–Kier alpha value is -1.03. The van der Waals surface area contributed by atoms with Gasteiger partial charge < -0.3 is 14.6 Å². The maximum Gasteiger partial charge on any atom is 0.203 e. The minimum atomic E-state index is 0.549. The summed E-state index contributed by atoms with van der Waals surface area (Å²) in [6.45, 7) is 4.05. The van der Waals surface area contributed by atoms with Crippen molar-refractivity contribution >= 4 is 5.95 Å². The normalized spacial score (nSPS) is 18.4. The monoisotopic (exact) mass is 265 g/mol. The molecule has 0 saturated heterocycles. The molecule has 1 aromatic rings. The Morgan fingerprint density at radius 1 is 1.42 bits per heavy atom. The average Bonchev–Trinajstić information content (AvgIpc) is 2.92. The van der Waals surface area contributed by atoms with E-state index in [1.165, 1.54) is 32.1 Å². The number of nitrogens with one attached hydrogen (secondary N) is 1. The molecular weight excluding hydrogens is 238 g/mol. The van der Waals surface area contributed by atoms with Crippen LogP contribution < -0.4 is 5.32 Å². The Labute approximate surface area is 116 Å². The molecule has 0 bridgehead atoms. The molecule has 1 unspecified atom stereocenters. The van der Waals surface area contributed by atoms with Crippen LogP contribution in [0.4, 0.5) is 5.95 Å². The minimum absolute atomic E-state index is 0.549. The number of hydrogen-bond acceptors (Lipinski definition) is 3. The Balaban J connectivity index is 1.90. The number of nitrogens with zero attached hydrogens (tertiary/aromatic N) is 2. The molecule has 19 heavy (non-hydrogen) atoms. The van der Waals surface area contributed by atoms with Gasteiger partial charge in [0, 0.05) is 38.7 Å². The topological polar surface area (TPSA) is 39.1 Å². The van der Waals surface area contributed by atoms with Gasteiger partial charge in [-0.25, -0.2) is 4.98 Å². The molecule has 4 nitrogen and oxygen atoms in total. The molecule has 1 heterocycles. The summed E-state index contributed by atoms with van der Waals surface area (Å²) < 4.78 is 7.38. The first-order valence-electron chi connectivity index (χ1n) is 7.58. The molecule has 0 radical (unpaired) electrons. The Kier molecular flexibility index (Phi) is 5.70. The van der Waals surface area contributed by atoms with E-state index < -0.39 is 0 Å². The highest BCUT2D eigenvalue weighted by Gasteiger charge is 2.22. The van der Waals surface area contributed by atoms with E-state index in [4.69, 9.17) is 4.74 Å². The van der Waals surface area contributed by atoms with Crippen LogP contribution in [-0.2, 0) is 4.74 Å². The summed E-state index contributed by atoms with van der Waals surface area (Å²) in [5.74, 6) is 1.82. The predicted molar refractivity (Wildman–Crippen MR) is 78.5 cm³/mol. The lowest BCUT2D eigenvalue weighted by atomic mass is 9.84. The van der Waals surface area contributed by atoms with Gasteiger partial charge in [0.2, 0.25) is 5.95 Å². The summed E-state index contributed by atoms with van der Waals surface area (Å²) in [7, 11) is 1.74. The van der Waals surface area contributed by atoms with E-state index in [1.807, 2.05) is 6.20 Å². The van der Waals surface area contributed by atoms with Crippen molar-refractivity contribution < 1.29 is 4.74 Å². The first kappa shape index (κ1) is 14.4. The zero-order valence-electron chi connectivity index (χ0n) is 12.3.